The van der Waals surface area contributed by atoms with Crippen LogP contribution in [0.2, 0.25) is 0 Å². The van der Waals surface area contributed by atoms with E-state index < -0.39 is 5.97 Å². The van der Waals surface area contributed by atoms with Crippen LogP contribution in [0.1, 0.15) is 109 Å². The number of carbonyl (C=O) groups is 1. The Bertz CT molecular complexity index is 1310. The first-order valence-electron chi connectivity index (χ1n) is 16.1. The number of hydrogen-bond acceptors (Lipinski definition) is 6. The molecule has 41 heavy (non-hydrogen) atoms. The quantitative estimate of drug-likeness (QED) is 0.290. The fourth-order valence-corrected chi connectivity index (χ4v) is 9.01. The molecule has 5 atom stereocenters. The monoisotopic (exact) mass is 562 g/mol. The Morgan fingerprint density at radius 1 is 0.951 bits per heavy atom. The van der Waals surface area contributed by atoms with Crippen molar-refractivity contribution in [2.45, 2.75) is 121 Å². The molecule has 8 heteroatoms. The van der Waals surface area contributed by atoms with Gasteiger partial charge in [-0.3, -0.25) is 14.5 Å². The van der Waals surface area contributed by atoms with Crippen LogP contribution in [0.5, 0.6) is 0 Å². The number of rotatable bonds is 9. The van der Waals surface area contributed by atoms with Gasteiger partial charge in [0.1, 0.15) is 12.3 Å². The Kier molecular flexibility index (Phi) is 8.47. The molecule has 4 aliphatic rings. The molecule has 2 aromatic rings. The van der Waals surface area contributed by atoms with Gasteiger partial charge in [0.2, 0.25) is 0 Å². The molecule has 1 aromatic heterocycles. The van der Waals surface area contributed by atoms with Gasteiger partial charge in [0.25, 0.3) is 5.56 Å². The van der Waals surface area contributed by atoms with E-state index in [9.17, 15) is 14.7 Å². The number of para-hydroxylation sites is 2. The average Bonchev–Trinajstić information content (AvgIpc) is 2.96. The number of piperidine rings is 2. The van der Waals surface area contributed by atoms with Crippen molar-refractivity contribution in [1.29, 1.82) is 0 Å². The number of nitrogens with zero attached hydrogens (tertiary/aromatic N) is 4. The standard InChI is InChI=1S/C33H46N4O4/c1-3-21-14-22-16-23(15-21)18-26(17-22)36-24-8-7-9-25(36)20-27(19-24)37-30-11-6-5-10-28(30)34-32(33(37)40)29(35-41-4-2)12-13-31(38)39/h5-6,10-11,21-27H,3-4,7-9,12-20H2,1-2H3,(H,38,39)/b35-29+/t21?,22?,23?,24-,25+,26?,27+. The summed E-state index contributed by atoms with van der Waals surface area (Å²) < 4.78 is 1.98. The zero-order valence-corrected chi connectivity index (χ0v) is 24.7. The molecule has 0 radical (unpaired) electrons. The van der Waals surface area contributed by atoms with E-state index >= 15 is 0 Å². The third kappa shape index (κ3) is 5.81. The van der Waals surface area contributed by atoms with E-state index in [2.05, 4.69) is 17.0 Å². The highest BCUT2D eigenvalue weighted by Crippen LogP contribution is 2.49. The third-order valence-corrected chi connectivity index (χ3v) is 10.5. The lowest BCUT2D eigenvalue weighted by atomic mass is 9.64. The highest BCUT2D eigenvalue weighted by atomic mass is 16.6. The zero-order valence-electron chi connectivity index (χ0n) is 24.7. The van der Waals surface area contributed by atoms with Crippen molar-refractivity contribution < 1.29 is 14.7 Å². The second-order valence-electron chi connectivity index (χ2n) is 13.1. The van der Waals surface area contributed by atoms with Crippen LogP contribution in [0.15, 0.2) is 34.2 Å². The van der Waals surface area contributed by atoms with Crippen LogP contribution >= 0.6 is 0 Å². The highest BCUT2D eigenvalue weighted by molar-refractivity contribution is 6.00. The van der Waals surface area contributed by atoms with E-state index in [1.807, 2.05) is 35.8 Å². The van der Waals surface area contributed by atoms with Gasteiger partial charge in [-0.15, -0.1) is 0 Å². The summed E-state index contributed by atoms with van der Waals surface area (Å²) in [5.74, 6) is 1.77. The molecule has 1 N–H and O–H groups in total. The lowest BCUT2D eigenvalue weighted by molar-refractivity contribution is -0.136. The maximum atomic E-state index is 14.2. The number of fused-ring (bicyclic) bond motifs is 5. The molecule has 6 rings (SSSR count). The lowest BCUT2D eigenvalue weighted by Gasteiger charge is -2.56. The van der Waals surface area contributed by atoms with Crippen LogP contribution in [0.25, 0.3) is 11.0 Å². The number of carboxylic acid groups (broad SMARTS) is 1. The van der Waals surface area contributed by atoms with Gasteiger partial charge >= 0.3 is 5.97 Å². The van der Waals surface area contributed by atoms with Gasteiger partial charge in [-0.2, -0.15) is 0 Å². The first-order chi connectivity index (χ1) is 19.9. The van der Waals surface area contributed by atoms with Gasteiger partial charge in [0.15, 0.2) is 5.69 Å². The van der Waals surface area contributed by atoms with E-state index in [0.717, 1.165) is 41.6 Å². The first kappa shape index (κ1) is 28.4. The molecule has 3 heterocycles. The number of hydrogen-bond donors (Lipinski definition) is 1. The summed E-state index contributed by atoms with van der Waals surface area (Å²) in [6.07, 6.45) is 13.9. The maximum absolute atomic E-state index is 14.2. The molecule has 2 aliphatic heterocycles. The summed E-state index contributed by atoms with van der Waals surface area (Å²) in [6.45, 7) is 4.52. The molecule has 222 valence electrons. The van der Waals surface area contributed by atoms with Crippen LogP contribution in [0.4, 0.5) is 0 Å². The molecular weight excluding hydrogens is 516 g/mol. The van der Waals surface area contributed by atoms with E-state index in [1.165, 1.54) is 57.8 Å². The van der Waals surface area contributed by atoms with Gasteiger partial charge < -0.3 is 14.5 Å². The van der Waals surface area contributed by atoms with Crippen molar-refractivity contribution in [3.63, 3.8) is 0 Å². The second kappa shape index (κ2) is 12.2. The number of aromatic nitrogens is 2. The fourth-order valence-electron chi connectivity index (χ4n) is 9.01. The lowest BCUT2D eigenvalue weighted by Crippen LogP contribution is -2.59. The SMILES string of the molecule is CCO/N=C(\CCC(=O)O)c1nc2ccccc2n([C@H]2C[C@H]3CCC[C@@H](C2)N3C2CC3CC(CC)CC(C3)C2)c1=O. The zero-order chi connectivity index (χ0) is 28.5. The minimum absolute atomic E-state index is 0.0843. The molecule has 2 saturated carbocycles. The largest absolute Gasteiger partial charge is 0.481 e. The van der Waals surface area contributed by atoms with E-state index in [-0.39, 0.29) is 30.1 Å². The van der Waals surface area contributed by atoms with Gasteiger partial charge in [-0.05, 0) is 94.6 Å². The summed E-state index contributed by atoms with van der Waals surface area (Å²) in [6, 6.07) is 9.62. The Balaban J connectivity index is 1.32. The fraction of sp³-hybridized carbons (Fsp3) is 0.697. The summed E-state index contributed by atoms with van der Waals surface area (Å²) in [5.41, 5.74) is 1.94. The van der Waals surface area contributed by atoms with Gasteiger partial charge in [-0.25, -0.2) is 4.98 Å². The van der Waals surface area contributed by atoms with Crippen LogP contribution in [-0.2, 0) is 9.63 Å². The molecular formula is C33H46N4O4. The Hall–Kier alpha value is -2.74. The van der Waals surface area contributed by atoms with Crippen molar-refractivity contribution in [2.24, 2.45) is 22.9 Å². The van der Waals surface area contributed by atoms with Crippen molar-refractivity contribution in [3.8, 4) is 0 Å². The average molecular weight is 563 g/mol. The number of benzene rings is 1. The topological polar surface area (TPSA) is 97.0 Å². The predicted molar refractivity (Wildman–Crippen MR) is 160 cm³/mol. The van der Waals surface area contributed by atoms with Crippen molar-refractivity contribution in [1.82, 2.24) is 14.5 Å². The van der Waals surface area contributed by atoms with Crippen LogP contribution in [0, 0.1) is 17.8 Å². The molecule has 2 saturated heterocycles. The summed E-state index contributed by atoms with van der Waals surface area (Å²) in [5, 5.41) is 13.5. The molecule has 4 bridgehead atoms. The Morgan fingerprint density at radius 2 is 1.66 bits per heavy atom. The van der Waals surface area contributed by atoms with E-state index in [0.29, 0.717) is 30.4 Å². The molecule has 4 fully saturated rings. The predicted octanol–water partition coefficient (Wildman–Crippen LogP) is 6.16. The van der Waals surface area contributed by atoms with Crippen molar-refractivity contribution in [3.05, 3.63) is 40.3 Å². The highest BCUT2D eigenvalue weighted by Gasteiger charge is 2.46. The summed E-state index contributed by atoms with van der Waals surface area (Å²) >= 11 is 0. The molecule has 2 unspecified atom stereocenters. The van der Waals surface area contributed by atoms with Crippen molar-refractivity contribution in [2.75, 3.05) is 6.61 Å². The van der Waals surface area contributed by atoms with Gasteiger partial charge in [0, 0.05) is 30.6 Å². The summed E-state index contributed by atoms with van der Waals surface area (Å²) in [4.78, 5) is 38.6. The van der Waals surface area contributed by atoms with Gasteiger partial charge in [-0.1, -0.05) is 37.1 Å². The smallest absolute Gasteiger partial charge is 0.303 e. The minimum Gasteiger partial charge on any atom is -0.481 e. The second-order valence-corrected chi connectivity index (χ2v) is 13.1. The molecule has 0 amide bonds. The van der Waals surface area contributed by atoms with Crippen LogP contribution in [0.3, 0.4) is 0 Å². The number of carboxylic acids is 1. The van der Waals surface area contributed by atoms with Crippen LogP contribution < -0.4 is 5.56 Å². The number of aliphatic carboxylic acids is 1. The Morgan fingerprint density at radius 3 is 2.32 bits per heavy atom. The van der Waals surface area contributed by atoms with E-state index in [1.54, 1.807) is 0 Å². The summed E-state index contributed by atoms with van der Waals surface area (Å²) in [7, 11) is 0. The Labute approximate surface area is 243 Å². The first-order valence-corrected chi connectivity index (χ1v) is 16.1. The number of oxime groups is 1. The van der Waals surface area contributed by atoms with Crippen molar-refractivity contribution >= 4 is 22.7 Å². The third-order valence-electron chi connectivity index (χ3n) is 10.5. The maximum Gasteiger partial charge on any atom is 0.303 e. The molecule has 8 nitrogen and oxygen atoms in total. The molecule has 1 aromatic carbocycles. The van der Waals surface area contributed by atoms with E-state index in [4.69, 9.17) is 9.82 Å². The molecule has 0 spiro atoms. The van der Waals surface area contributed by atoms with Crippen LogP contribution in [-0.4, -0.2) is 56.0 Å². The normalized spacial score (nSPS) is 32.1. The van der Waals surface area contributed by atoms with Gasteiger partial charge in [0.05, 0.1) is 17.5 Å². The minimum atomic E-state index is -0.937. The molecule has 2 aliphatic carbocycles.